The first-order chi connectivity index (χ1) is 12.9. The van der Waals surface area contributed by atoms with Gasteiger partial charge in [0, 0.05) is 12.2 Å². The molecule has 0 bridgehead atoms. The molecular formula is C21H24F3O3P. The topological polar surface area (TPSA) is 57.5 Å². The Bertz CT molecular complexity index is 729. The molecule has 0 radical (unpaired) electrons. The van der Waals surface area contributed by atoms with Crippen LogP contribution in [0.1, 0.15) is 20.8 Å². The van der Waals surface area contributed by atoms with Crippen molar-refractivity contribution in [3.8, 4) is 0 Å². The van der Waals surface area contributed by atoms with Crippen molar-refractivity contribution in [1.82, 2.24) is 0 Å². The number of halogens is 3. The van der Waals surface area contributed by atoms with E-state index in [0.29, 0.717) is 0 Å². The molecule has 0 fully saturated rings. The van der Waals surface area contributed by atoms with Crippen LogP contribution in [-0.2, 0) is 4.79 Å². The molecule has 0 heterocycles. The summed E-state index contributed by atoms with van der Waals surface area (Å²) in [4.78, 5) is 10.0. The fourth-order valence-corrected chi connectivity index (χ4v) is 4.76. The summed E-state index contributed by atoms with van der Waals surface area (Å²) in [7, 11) is -1.27. The Labute approximate surface area is 164 Å². The molecule has 3 nitrogen and oxygen atoms in total. The van der Waals surface area contributed by atoms with Gasteiger partial charge in [-0.25, -0.2) is 0 Å². The number of ketones is 1. The average molecular weight is 412 g/mol. The van der Waals surface area contributed by atoms with Gasteiger partial charge in [-0.1, -0.05) is 60.7 Å². The number of alkyl halides is 3. The summed E-state index contributed by atoms with van der Waals surface area (Å²) in [5, 5.41) is 19.8. The zero-order chi connectivity index (χ0) is 21.4. The second-order valence-corrected chi connectivity index (χ2v) is 8.63. The lowest BCUT2D eigenvalue weighted by molar-refractivity contribution is -0.243. The molecule has 2 rings (SSSR count). The van der Waals surface area contributed by atoms with Gasteiger partial charge in [0.05, 0.1) is 5.76 Å². The Kier molecular flexibility index (Phi) is 8.86. The number of rotatable bonds is 5. The van der Waals surface area contributed by atoms with Gasteiger partial charge in [0.15, 0.2) is 11.4 Å². The number of carbonyl (C=O) groups excluding carboxylic acids is 1. The second kappa shape index (κ2) is 10.4. The van der Waals surface area contributed by atoms with E-state index in [9.17, 15) is 23.1 Å². The third kappa shape index (κ3) is 7.83. The van der Waals surface area contributed by atoms with E-state index >= 15 is 0 Å². The molecule has 2 N–H and O–H groups in total. The van der Waals surface area contributed by atoms with Crippen LogP contribution in [0.4, 0.5) is 13.2 Å². The Morgan fingerprint density at radius 2 is 1.36 bits per heavy atom. The molecule has 28 heavy (non-hydrogen) atoms. The highest BCUT2D eigenvalue weighted by Gasteiger charge is 2.51. The Balaban J connectivity index is 0.000000480. The lowest BCUT2D eigenvalue weighted by Gasteiger charge is -2.31. The number of hydrogen-bond acceptors (Lipinski definition) is 3. The van der Waals surface area contributed by atoms with Crippen molar-refractivity contribution < 1.29 is 28.2 Å². The van der Waals surface area contributed by atoms with Crippen molar-refractivity contribution in [2.24, 2.45) is 0 Å². The van der Waals surface area contributed by atoms with Crippen molar-refractivity contribution in [3.05, 3.63) is 72.5 Å². The molecule has 0 spiro atoms. The van der Waals surface area contributed by atoms with Gasteiger partial charge >= 0.3 is 6.18 Å². The molecule has 0 aromatic heterocycles. The summed E-state index contributed by atoms with van der Waals surface area (Å²) in [6, 6.07) is 18.1. The van der Waals surface area contributed by atoms with E-state index in [1.165, 1.54) is 19.9 Å². The average Bonchev–Trinajstić information content (AvgIpc) is 2.59. The third-order valence-corrected chi connectivity index (χ3v) is 6.40. The van der Waals surface area contributed by atoms with Crippen LogP contribution in [0.2, 0.25) is 0 Å². The monoisotopic (exact) mass is 412 g/mol. The first-order valence-electron chi connectivity index (χ1n) is 8.48. The maximum Gasteiger partial charge on any atom is 0.417 e. The molecular weight excluding hydrogens is 388 g/mol. The predicted octanol–water partition coefficient (Wildman–Crippen LogP) is 4.47. The van der Waals surface area contributed by atoms with E-state index in [0.717, 1.165) is 17.5 Å². The normalized spacial score (nSPS) is 14.1. The van der Waals surface area contributed by atoms with Crippen molar-refractivity contribution in [3.63, 3.8) is 0 Å². The van der Waals surface area contributed by atoms with E-state index < -0.39 is 19.7 Å². The summed E-state index contributed by atoms with van der Waals surface area (Å²) >= 11 is 0. The Hall–Kier alpha value is -2.17. The molecule has 0 aliphatic carbocycles. The number of allylic oxidation sites excluding steroid dienone is 2. The van der Waals surface area contributed by atoms with Gasteiger partial charge in [-0.3, -0.25) is 4.79 Å². The molecule has 0 saturated carbocycles. The zero-order valence-corrected chi connectivity index (χ0v) is 16.8. The van der Waals surface area contributed by atoms with Crippen molar-refractivity contribution >= 4 is 24.3 Å². The largest absolute Gasteiger partial charge is 0.512 e. The van der Waals surface area contributed by atoms with Gasteiger partial charge in [0.2, 0.25) is 0 Å². The molecule has 1 unspecified atom stereocenters. The maximum absolute atomic E-state index is 13.0. The zero-order valence-electron chi connectivity index (χ0n) is 15.9. The number of hydrogen-bond donors (Lipinski definition) is 2. The quantitative estimate of drug-likeness (QED) is 0.433. The van der Waals surface area contributed by atoms with Crippen molar-refractivity contribution in [2.75, 3.05) is 6.16 Å². The van der Waals surface area contributed by atoms with Crippen LogP contribution in [-0.4, -0.2) is 33.9 Å². The second-order valence-electron chi connectivity index (χ2n) is 6.43. The van der Waals surface area contributed by atoms with Gasteiger partial charge in [0.25, 0.3) is 0 Å². The summed E-state index contributed by atoms with van der Waals surface area (Å²) in [6.45, 7) is 3.69. The molecule has 0 amide bonds. The lowest BCUT2D eigenvalue weighted by Crippen LogP contribution is -2.46. The van der Waals surface area contributed by atoms with Crippen LogP contribution < -0.4 is 10.6 Å². The number of aliphatic hydroxyl groups excluding tert-OH is 1. The summed E-state index contributed by atoms with van der Waals surface area (Å²) in [6.07, 6.45) is -3.82. The van der Waals surface area contributed by atoms with Crippen molar-refractivity contribution in [1.29, 1.82) is 0 Å². The smallest absolute Gasteiger partial charge is 0.417 e. The van der Waals surface area contributed by atoms with E-state index in [-0.39, 0.29) is 17.7 Å². The van der Waals surface area contributed by atoms with Crippen LogP contribution in [0.15, 0.2) is 72.5 Å². The van der Waals surface area contributed by atoms with Gasteiger partial charge in [0.1, 0.15) is 0 Å². The highest BCUT2D eigenvalue weighted by molar-refractivity contribution is 7.73. The first kappa shape index (κ1) is 23.9. The molecule has 1 atom stereocenters. The van der Waals surface area contributed by atoms with Gasteiger partial charge in [-0.05, 0) is 39.3 Å². The highest BCUT2D eigenvalue weighted by Crippen LogP contribution is 2.42. The SMILES string of the molecule is CC(=O)/C=C(/C)O.CC(O)(CP(c1ccccc1)c1ccccc1)C(F)(F)F. The van der Waals surface area contributed by atoms with Gasteiger partial charge in [-0.2, -0.15) is 13.2 Å². The van der Waals surface area contributed by atoms with Crippen LogP contribution in [0.25, 0.3) is 0 Å². The third-order valence-electron chi connectivity index (χ3n) is 3.62. The number of benzene rings is 2. The Morgan fingerprint density at radius 1 is 0.964 bits per heavy atom. The lowest BCUT2D eigenvalue weighted by atomic mass is 10.1. The first-order valence-corrected chi connectivity index (χ1v) is 10.0. The number of carbonyl (C=O) groups is 1. The summed E-state index contributed by atoms with van der Waals surface area (Å²) < 4.78 is 39.0. The standard InChI is InChI=1S/C16H16F3OP.C5H8O2/c1-15(20,16(17,18)19)12-21(13-8-4-2-5-9-13)14-10-6-3-7-11-14;1-4(6)3-5(2)7/h2-11,20H,12H2,1H3;3,6H,1-2H3/b;4-3-. The maximum atomic E-state index is 13.0. The molecule has 2 aromatic carbocycles. The minimum Gasteiger partial charge on any atom is -0.512 e. The molecule has 0 aliphatic heterocycles. The molecule has 152 valence electrons. The van der Waals surface area contributed by atoms with E-state index in [1.807, 2.05) is 36.4 Å². The van der Waals surface area contributed by atoms with E-state index in [2.05, 4.69) is 0 Å². The molecule has 0 saturated heterocycles. The van der Waals surface area contributed by atoms with Crippen LogP contribution in [0, 0.1) is 0 Å². The predicted molar refractivity (Wildman–Crippen MR) is 108 cm³/mol. The Morgan fingerprint density at radius 3 is 1.61 bits per heavy atom. The molecule has 2 aromatic rings. The summed E-state index contributed by atoms with van der Waals surface area (Å²) in [5.41, 5.74) is -2.70. The summed E-state index contributed by atoms with van der Waals surface area (Å²) in [5.74, 6) is -0.0625. The van der Waals surface area contributed by atoms with E-state index in [1.54, 1.807) is 24.3 Å². The minimum atomic E-state index is -4.64. The fraction of sp³-hybridized carbons (Fsp3) is 0.286. The molecule has 0 aliphatic rings. The van der Waals surface area contributed by atoms with E-state index in [4.69, 9.17) is 5.11 Å². The highest BCUT2D eigenvalue weighted by atomic mass is 31.1. The van der Waals surface area contributed by atoms with Crippen molar-refractivity contribution in [2.45, 2.75) is 32.5 Å². The van der Waals surface area contributed by atoms with Crippen LogP contribution in [0.5, 0.6) is 0 Å². The minimum absolute atomic E-state index is 0.0625. The fourth-order valence-electron chi connectivity index (χ4n) is 2.24. The van der Waals surface area contributed by atoms with Crippen LogP contribution in [0.3, 0.4) is 0 Å². The van der Waals surface area contributed by atoms with Gasteiger partial charge < -0.3 is 10.2 Å². The van der Waals surface area contributed by atoms with Gasteiger partial charge in [-0.15, -0.1) is 0 Å². The number of aliphatic hydroxyl groups is 2. The van der Waals surface area contributed by atoms with Crippen LogP contribution >= 0.6 is 7.92 Å². The molecule has 7 heteroatoms.